The molecule has 0 atom stereocenters. The van der Waals surface area contributed by atoms with Gasteiger partial charge in [-0.2, -0.15) is 8.78 Å². The molecule has 1 saturated carbocycles. The molecule has 1 aromatic rings. The second-order valence-corrected chi connectivity index (χ2v) is 4.07. The third kappa shape index (κ3) is 2.88. The summed E-state index contributed by atoms with van der Waals surface area (Å²) in [5, 5.41) is 8.71. The molecule has 0 spiro atoms. The molecule has 98 valence electrons. The van der Waals surface area contributed by atoms with Crippen LogP contribution >= 0.6 is 0 Å². The van der Waals surface area contributed by atoms with Crippen molar-refractivity contribution in [1.29, 1.82) is 0 Å². The van der Waals surface area contributed by atoms with E-state index in [0.29, 0.717) is 12.8 Å². The van der Waals surface area contributed by atoms with Gasteiger partial charge in [-0.25, -0.2) is 0 Å². The van der Waals surface area contributed by atoms with Gasteiger partial charge in [0.15, 0.2) is 11.5 Å². The fourth-order valence-corrected chi connectivity index (χ4v) is 1.78. The summed E-state index contributed by atoms with van der Waals surface area (Å²) >= 11 is 0. The molecular weight excluding hydrogens is 246 g/mol. The van der Waals surface area contributed by atoms with E-state index in [4.69, 9.17) is 9.84 Å². The molecule has 1 aromatic carbocycles. The Morgan fingerprint density at radius 3 is 2.44 bits per heavy atom. The number of carbonyl (C=O) groups is 1. The van der Waals surface area contributed by atoms with Gasteiger partial charge in [-0.15, -0.1) is 0 Å². The number of alkyl halides is 2. The van der Waals surface area contributed by atoms with E-state index in [1.54, 1.807) is 12.1 Å². The Morgan fingerprint density at radius 1 is 1.28 bits per heavy atom. The Hall–Kier alpha value is -1.85. The fourth-order valence-electron chi connectivity index (χ4n) is 1.78. The first-order chi connectivity index (χ1) is 8.56. The second kappa shape index (κ2) is 5.20. The molecule has 0 heterocycles. The van der Waals surface area contributed by atoms with Gasteiger partial charge in [0, 0.05) is 0 Å². The number of carboxylic acid groups (broad SMARTS) is 1. The van der Waals surface area contributed by atoms with Gasteiger partial charge in [0.1, 0.15) is 6.10 Å². The van der Waals surface area contributed by atoms with Crippen LogP contribution in [0.5, 0.6) is 11.5 Å². The molecule has 0 radical (unpaired) electrons. The molecule has 6 heteroatoms. The van der Waals surface area contributed by atoms with E-state index in [0.717, 1.165) is 0 Å². The van der Waals surface area contributed by atoms with E-state index in [1.807, 2.05) is 0 Å². The normalized spacial score (nSPS) is 22.4. The van der Waals surface area contributed by atoms with Crippen molar-refractivity contribution in [3.63, 3.8) is 0 Å². The van der Waals surface area contributed by atoms with Crippen molar-refractivity contribution in [2.24, 2.45) is 5.92 Å². The first-order valence-corrected chi connectivity index (χ1v) is 5.49. The average molecular weight is 258 g/mol. The minimum Gasteiger partial charge on any atom is -0.486 e. The average Bonchev–Trinajstić information content (AvgIpc) is 2.23. The number of rotatable bonds is 5. The Labute approximate surface area is 102 Å². The molecule has 1 aliphatic rings. The Balaban J connectivity index is 1.96. The first kappa shape index (κ1) is 12.6. The number of hydrogen-bond acceptors (Lipinski definition) is 3. The number of hydrogen-bond donors (Lipinski definition) is 1. The number of aliphatic carboxylic acids is 1. The van der Waals surface area contributed by atoms with Crippen LogP contribution in [0.2, 0.25) is 0 Å². The number of halogens is 2. The summed E-state index contributed by atoms with van der Waals surface area (Å²) < 4.78 is 34.0. The second-order valence-electron chi connectivity index (χ2n) is 4.07. The molecule has 4 nitrogen and oxygen atoms in total. The number of carboxylic acids is 1. The fraction of sp³-hybridized carbons (Fsp3) is 0.417. The molecule has 18 heavy (non-hydrogen) atoms. The van der Waals surface area contributed by atoms with E-state index in [-0.39, 0.29) is 17.6 Å². The maximum Gasteiger partial charge on any atom is 0.387 e. The summed E-state index contributed by atoms with van der Waals surface area (Å²) in [6.45, 7) is -2.91. The monoisotopic (exact) mass is 258 g/mol. The molecule has 0 saturated heterocycles. The summed E-state index contributed by atoms with van der Waals surface area (Å²) in [7, 11) is 0. The van der Waals surface area contributed by atoms with Gasteiger partial charge in [0.25, 0.3) is 0 Å². The summed E-state index contributed by atoms with van der Waals surface area (Å²) in [6, 6.07) is 6.10. The van der Waals surface area contributed by atoms with E-state index >= 15 is 0 Å². The zero-order valence-corrected chi connectivity index (χ0v) is 9.38. The molecule has 2 rings (SSSR count). The Bertz CT molecular complexity index is 430. The third-order valence-corrected chi connectivity index (χ3v) is 2.80. The van der Waals surface area contributed by atoms with E-state index in [1.165, 1.54) is 12.1 Å². The highest BCUT2D eigenvalue weighted by Gasteiger charge is 2.36. The van der Waals surface area contributed by atoms with Crippen molar-refractivity contribution in [3.8, 4) is 11.5 Å². The maximum atomic E-state index is 12.1. The molecule has 1 aliphatic carbocycles. The van der Waals surface area contributed by atoms with Crippen molar-refractivity contribution in [1.82, 2.24) is 0 Å². The van der Waals surface area contributed by atoms with Gasteiger partial charge in [-0.05, 0) is 25.0 Å². The first-order valence-electron chi connectivity index (χ1n) is 5.49. The third-order valence-electron chi connectivity index (χ3n) is 2.80. The topological polar surface area (TPSA) is 55.8 Å². The highest BCUT2D eigenvalue weighted by Crippen LogP contribution is 2.35. The van der Waals surface area contributed by atoms with Crippen LogP contribution in [0.4, 0.5) is 8.78 Å². The smallest absolute Gasteiger partial charge is 0.387 e. The lowest BCUT2D eigenvalue weighted by Gasteiger charge is -2.32. The minimum absolute atomic E-state index is 0.0359. The van der Waals surface area contributed by atoms with Crippen LogP contribution in [0.1, 0.15) is 12.8 Å². The van der Waals surface area contributed by atoms with Crippen LogP contribution in [0, 0.1) is 5.92 Å². The standard InChI is InChI=1S/C12H12F2O4/c13-12(14)18-10-4-2-1-3-9(10)17-8-5-7(6-8)11(15)16/h1-4,7-8,12H,5-6H2,(H,15,16). The van der Waals surface area contributed by atoms with Gasteiger partial charge < -0.3 is 14.6 Å². The largest absolute Gasteiger partial charge is 0.486 e. The van der Waals surface area contributed by atoms with Crippen LogP contribution in [-0.4, -0.2) is 23.8 Å². The van der Waals surface area contributed by atoms with E-state index < -0.39 is 18.5 Å². The SMILES string of the molecule is O=C(O)C1CC(Oc2ccccc2OC(F)F)C1. The van der Waals surface area contributed by atoms with Gasteiger partial charge in [0.2, 0.25) is 0 Å². The highest BCUT2D eigenvalue weighted by atomic mass is 19.3. The number of para-hydroxylation sites is 2. The van der Waals surface area contributed by atoms with Crippen LogP contribution in [0.3, 0.4) is 0 Å². The minimum atomic E-state index is -2.91. The zero-order valence-electron chi connectivity index (χ0n) is 9.38. The quantitative estimate of drug-likeness (QED) is 0.881. The predicted octanol–water partition coefficient (Wildman–Crippen LogP) is 2.53. The number of benzene rings is 1. The molecule has 0 unspecified atom stereocenters. The lowest BCUT2D eigenvalue weighted by Crippen LogP contribution is -2.38. The summed E-state index contributed by atoms with van der Waals surface area (Å²) in [5.74, 6) is -1.08. The van der Waals surface area contributed by atoms with Crippen LogP contribution in [-0.2, 0) is 4.79 Å². The Kier molecular flexibility index (Phi) is 3.64. The molecule has 0 amide bonds. The van der Waals surface area contributed by atoms with Gasteiger partial charge in [-0.1, -0.05) is 12.1 Å². The lowest BCUT2D eigenvalue weighted by atomic mass is 9.82. The summed E-state index contributed by atoms with van der Waals surface area (Å²) in [5.41, 5.74) is 0. The highest BCUT2D eigenvalue weighted by molar-refractivity contribution is 5.71. The van der Waals surface area contributed by atoms with Crippen molar-refractivity contribution >= 4 is 5.97 Å². The van der Waals surface area contributed by atoms with Gasteiger partial charge >= 0.3 is 12.6 Å². The van der Waals surface area contributed by atoms with Crippen molar-refractivity contribution < 1.29 is 28.2 Å². The maximum absolute atomic E-state index is 12.1. The Morgan fingerprint density at radius 2 is 1.89 bits per heavy atom. The van der Waals surface area contributed by atoms with Gasteiger partial charge in [-0.3, -0.25) is 4.79 Å². The molecular formula is C12H12F2O4. The van der Waals surface area contributed by atoms with Crippen molar-refractivity contribution in [3.05, 3.63) is 24.3 Å². The summed E-state index contributed by atoms with van der Waals surface area (Å²) in [4.78, 5) is 10.6. The van der Waals surface area contributed by atoms with Crippen molar-refractivity contribution in [2.45, 2.75) is 25.6 Å². The van der Waals surface area contributed by atoms with Crippen LogP contribution in [0.25, 0.3) is 0 Å². The van der Waals surface area contributed by atoms with Gasteiger partial charge in [0.05, 0.1) is 5.92 Å². The zero-order chi connectivity index (χ0) is 13.1. The molecule has 1 N–H and O–H groups in total. The molecule has 0 bridgehead atoms. The van der Waals surface area contributed by atoms with Crippen LogP contribution < -0.4 is 9.47 Å². The lowest BCUT2D eigenvalue weighted by molar-refractivity contribution is -0.148. The van der Waals surface area contributed by atoms with Crippen LogP contribution in [0.15, 0.2) is 24.3 Å². The van der Waals surface area contributed by atoms with E-state index in [2.05, 4.69) is 4.74 Å². The predicted molar refractivity (Wildman–Crippen MR) is 57.8 cm³/mol. The van der Waals surface area contributed by atoms with Crippen molar-refractivity contribution in [2.75, 3.05) is 0 Å². The molecule has 0 aromatic heterocycles. The van der Waals surface area contributed by atoms with E-state index in [9.17, 15) is 13.6 Å². The molecule has 1 fully saturated rings. The number of ether oxygens (including phenoxy) is 2. The summed E-state index contributed by atoms with van der Waals surface area (Å²) in [6.07, 6.45) is 0.518. The molecule has 0 aliphatic heterocycles.